The molecule has 28 heavy (non-hydrogen) atoms. The molecule has 2 aromatic carbocycles. The molecule has 8 nitrogen and oxygen atoms in total. The number of benzene rings is 2. The molecular weight excluding hydrogens is 380 g/mol. The van der Waals surface area contributed by atoms with Crippen LogP contribution in [0.3, 0.4) is 0 Å². The Kier molecular flexibility index (Phi) is 5.21. The number of amidine groups is 1. The SMILES string of the molecule is C=c1cc(C)ccc1=C1NN=C(NC(=O)c2ccc(S(=O)(=O)N(C)C)cc2)O1. The Morgan fingerprint density at radius 1 is 1.18 bits per heavy atom. The standard InChI is InChI=1S/C19H20N4O4S/c1-12-5-10-16(13(2)11-12)18-21-22-19(27-18)20-17(24)14-6-8-15(9-7-14)28(25,26)23(3)4/h5-11,21H,2H2,1,3-4H3,(H,20,22,24). The lowest BCUT2D eigenvalue weighted by atomic mass is 10.2. The van der Waals surface area contributed by atoms with Crippen LogP contribution < -0.4 is 21.2 Å². The summed E-state index contributed by atoms with van der Waals surface area (Å²) >= 11 is 0. The number of carbonyl (C=O) groups is 1. The van der Waals surface area contributed by atoms with E-state index in [1.807, 2.05) is 25.1 Å². The van der Waals surface area contributed by atoms with Gasteiger partial charge < -0.3 is 4.74 Å². The number of hydrogen-bond donors (Lipinski definition) is 2. The first-order valence-electron chi connectivity index (χ1n) is 8.34. The molecule has 0 bridgehead atoms. The van der Waals surface area contributed by atoms with Crippen molar-refractivity contribution in [3.8, 4) is 0 Å². The van der Waals surface area contributed by atoms with E-state index in [-0.39, 0.29) is 16.5 Å². The van der Waals surface area contributed by atoms with Gasteiger partial charge in [0.1, 0.15) is 0 Å². The Hall–Kier alpha value is -3.17. The van der Waals surface area contributed by atoms with Crippen LogP contribution in [0, 0.1) is 6.92 Å². The van der Waals surface area contributed by atoms with E-state index < -0.39 is 15.9 Å². The number of rotatable bonds is 3. The second-order valence-electron chi connectivity index (χ2n) is 6.39. The zero-order chi connectivity index (χ0) is 20.5. The van der Waals surface area contributed by atoms with E-state index in [0.717, 1.165) is 20.3 Å². The number of nitrogens with one attached hydrogen (secondary N) is 2. The molecule has 3 rings (SSSR count). The third kappa shape index (κ3) is 3.90. The number of nitrogens with zero attached hydrogens (tertiary/aromatic N) is 2. The highest BCUT2D eigenvalue weighted by molar-refractivity contribution is 7.89. The second-order valence-corrected chi connectivity index (χ2v) is 8.54. The minimum absolute atomic E-state index is 0.00929. The lowest BCUT2D eigenvalue weighted by Gasteiger charge is -2.11. The van der Waals surface area contributed by atoms with Gasteiger partial charge in [-0.05, 0) is 42.5 Å². The van der Waals surface area contributed by atoms with Crippen LogP contribution in [-0.4, -0.2) is 38.7 Å². The van der Waals surface area contributed by atoms with Crippen molar-refractivity contribution in [3.05, 3.63) is 64.0 Å². The van der Waals surface area contributed by atoms with Gasteiger partial charge in [-0.3, -0.25) is 10.1 Å². The first-order valence-corrected chi connectivity index (χ1v) is 9.78. The normalized spacial score (nSPS) is 15.6. The van der Waals surface area contributed by atoms with Gasteiger partial charge in [0, 0.05) is 24.9 Å². The molecule has 0 atom stereocenters. The average Bonchev–Trinajstić information content (AvgIpc) is 3.09. The molecule has 0 spiro atoms. The summed E-state index contributed by atoms with van der Waals surface area (Å²) in [5, 5.41) is 7.98. The zero-order valence-electron chi connectivity index (χ0n) is 15.7. The van der Waals surface area contributed by atoms with Crippen LogP contribution in [0.2, 0.25) is 0 Å². The van der Waals surface area contributed by atoms with E-state index in [1.54, 1.807) is 0 Å². The molecule has 9 heteroatoms. The minimum atomic E-state index is -3.55. The molecule has 1 aliphatic rings. The van der Waals surface area contributed by atoms with Crippen LogP contribution in [0.4, 0.5) is 0 Å². The van der Waals surface area contributed by atoms with Crippen LogP contribution in [0.25, 0.3) is 12.5 Å². The summed E-state index contributed by atoms with van der Waals surface area (Å²) in [4.78, 5) is 12.5. The monoisotopic (exact) mass is 400 g/mol. The van der Waals surface area contributed by atoms with E-state index in [2.05, 4.69) is 22.4 Å². The predicted molar refractivity (Wildman–Crippen MR) is 106 cm³/mol. The molecule has 0 saturated heterocycles. The van der Waals surface area contributed by atoms with Gasteiger partial charge in [0.25, 0.3) is 5.91 Å². The quantitative estimate of drug-likeness (QED) is 0.758. The van der Waals surface area contributed by atoms with E-state index in [9.17, 15) is 13.2 Å². The summed E-state index contributed by atoms with van der Waals surface area (Å²) in [7, 11) is -0.668. The third-order valence-electron chi connectivity index (χ3n) is 4.08. The van der Waals surface area contributed by atoms with E-state index in [1.165, 1.54) is 38.4 Å². The lowest BCUT2D eigenvalue weighted by molar-refractivity contribution is 0.0971. The number of amides is 1. The fourth-order valence-corrected chi connectivity index (χ4v) is 3.42. The van der Waals surface area contributed by atoms with E-state index in [4.69, 9.17) is 4.74 Å². The first kappa shape index (κ1) is 19.6. The maximum Gasteiger partial charge on any atom is 0.320 e. The van der Waals surface area contributed by atoms with Crippen LogP contribution in [0.1, 0.15) is 15.9 Å². The Morgan fingerprint density at radius 3 is 2.46 bits per heavy atom. The van der Waals surface area contributed by atoms with Crippen molar-refractivity contribution in [2.45, 2.75) is 11.8 Å². The highest BCUT2D eigenvalue weighted by Crippen LogP contribution is 2.14. The van der Waals surface area contributed by atoms with Crippen molar-refractivity contribution in [2.24, 2.45) is 5.10 Å². The van der Waals surface area contributed by atoms with Crippen molar-refractivity contribution in [1.82, 2.24) is 15.0 Å². The molecule has 0 saturated carbocycles. The molecule has 146 valence electrons. The van der Waals surface area contributed by atoms with Crippen LogP contribution in [-0.2, 0) is 14.8 Å². The predicted octanol–water partition coefficient (Wildman–Crippen LogP) is 0.0421. The van der Waals surface area contributed by atoms with E-state index in [0.29, 0.717) is 5.88 Å². The van der Waals surface area contributed by atoms with Gasteiger partial charge in [-0.2, -0.15) is 0 Å². The summed E-state index contributed by atoms with van der Waals surface area (Å²) in [6.45, 7) is 5.93. The zero-order valence-corrected chi connectivity index (χ0v) is 16.5. The number of ether oxygens (including phenoxy) is 1. The van der Waals surface area contributed by atoms with Gasteiger partial charge in [0.05, 0.1) is 4.90 Å². The van der Waals surface area contributed by atoms with Gasteiger partial charge in [-0.15, -0.1) is 5.10 Å². The smallest absolute Gasteiger partial charge is 0.320 e. The van der Waals surface area contributed by atoms with E-state index >= 15 is 0 Å². The first-order chi connectivity index (χ1) is 13.2. The summed E-state index contributed by atoms with van der Waals surface area (Å²) in [5.74, 6) is -0.109. The van der Waals surface area contributed by atoms with Crippen LogP contribution in [0.5, 0.6) is 0 Å². The van der Waals surface area contributed by atoms with Gasteiger partial charge >= 0.3 is 6.02 Å². The number of sulfonamides is 1. The van der Waals surface area contributed by atoms with Crippen molar-refractivity contribution in [1.29, 1.82) is 0 Å². The summed E-state index contributed by atoms with van der Waals surface area (Å²) in [6.07, 6.45) is 0. The van der Waals surface area contributed by atoms with Gasteiger partial charge in [-0.1, -0.05) is 24.3 Å². The second kappa shape index (κ2) is 7.45. The molecule has 2 aromatic rings. The molecule has 1 amide bonds. The molecule has 0 aromatic heterocycles. The summed E-state index contributed by atoms with van der Waals surface area (Å²) < 4.78 is 30.8. The number of carbonyl (C=O) groups excluding carboxylic acids is 1. The molecule has 0 radical (unpaired) electrons. The average molecular weight is 400 g/mol. The fraction of sp³-hybridized carbons (Fsp3) is 0.158. The molecular formula is C19H20N4O4S. The summed E-state index contributed by atoms with van der Waals surface area (Å²) in [5.41, 5.74) is 4.06. The molecule has 1 heterocycles. The highest BCUT2D eigenvalue weighted by atomic mass is 32.2. The highest BCUT2D eigenvalue weighted by Gasteiger charge is 2.20. The molecule has 0 fully saturated rings. The fourth-order valence-electron chi connectivity index (χ4n) is 2.51. The maximum absolute atomic E-state index is 12.4. The van der Waals surface area contributed by atoms with Crippen molar-refractivity contribution in [3.63, 3.8) is 0 Å². The maximum atomic E-state index is 12.4. The van der Waals surface area contributed by atoms with Crippen molar-refractivity contribution in [2.75, 3.05) is 14.1 Å². The number of hydrazone groups is 1. The largest absolute Gasteiger partial charge is 0.405 e. The van der Waals surface area contributed by atoms with Gasteiger partial charge in [-0.25, -0.2) is 18.1 Å². The van der Waals surface area contributed by atoms with Gasteiger partial charge in [0.15, 0.2) is 0 Å². The minimum Gasteiger partial charge on any atom is -0.405 e. The lowest BCUT2D eigenvalue weighted by Crippen LogP contribution is -2.32. The Morgan fingerprint density at radius 2 is 1.86 bits per heavy atom. The van der Waals surface area contributed by atoms with Crippen LogP contribution in [0.15, 0.2) is 52.5 Å². The Labute approximate surface area is 162 Å². The molecule has 1 aliphatic heterocycles. The molecule has 0 aliphatic carbocycles. The van der Waals surface area contributed by atoms with Crippen molar-refractivity contribution < 1.29 is 17.9 Å². The van der Waals surface area contributed by atoms with Gasteiger partial charge in [0.2, 0.25) is 15.9 Å². The van der Waals surface area contributed by atoms with Crippen molar-refractivity contribution >= 4 is 34.4 Å². The Balaban J connectivity index is 1.73. The topological polar surface area (TPSA) is 100 Å². The Bertz CT molecular complexity index is 1170. The third-order valence-corrected chi connectivity index (χ3v) is 5.91. The molecule has 2 N–H and O–H groups in total. The van der Waals surface area contributed by atoms with Crippen LogP contribution >= 0.6 is 0 Å². The number of aryl methyl sites for hydroxylation is 1. The molecule has 0 unspecified atom stereocenters. The summed E-state index contributed by atoms with van der Waals surface area (Å²) in [6, 6.07) is 11.3. The number of hydrogen-bond acceptors (Lipinski definition) is 6.